The third-order valence-electron chi connectivity index (χ3n) is 3.92. The maximum atomic E-state index is 13.8. The summed E-state index contributed by atoms with van der Waals surface area (Å²) in [6.45, 7) is 4.88. The lowest BCUT2D eigenvalue weighted by atomic mass is 9.84. The molecule has 0 aliphatic rings. The van der Waals surface area contributed by atoms with Crippen molar-refractivity contribution in [2.75, 3.05) is 11.9 Å². The normalized spacial score (nSPS) is 11.7. The minimum atomic E-state index is -0.345. The van der Waals surface area contributed by atoms with Crippen LogP contribution in [0, 0.1) is 5.82 Å². The molecule has 0 bridgehead atoms. The lowest BCUT2D eigenvalue weighted by Crippen LogP contribution is -2.28. The van der Waals surface area contributed by atoms with E-state index >= 15 is 0 Å². The van der Waals surface area contributed by atoms with Crippen LogP contribution in [0.5, 0.6) is 0 Å². The zero-order valence-electron chi connectivity index (χ0n) is 13.0. The molecular formula is C18H17ClFN3. The van der Waals surface area contributed by atoms with Crippen molar-refractivity contribution >= 4 is 28.3 Å². The Hall–Kier alpha value is -2.20. The predicted octanol–water partition coefficient (Wildman–Crippen LogP) is 4.81. The lowest BCUT2D eigenvalue weighted by Gasteiger charge is -2.26. The Morgan fingerprint density at radius 3 is 2.70 bits per heavy atom. The average molecular weight is 330 g/mol. The van der Waals surface area contributed by atoms with Gasteiger partial charge in [-0.25, -0.2) is 14.4 Å². The van der Waals surface area contributed by atoms with Crippen molar-refractivity contribution in [2.24, 2.45) is 0 Å². The fourth-order valence-electron chi connectivity index (χ4n) is 2.51. The monoisotopic (exact) mass is 329 g/mol. The van der Waals surface area contributed by atoms with Crippen molar-refractivity contribution in [3.8, 4) is 0 Å². The number of aromatic nitrogens is 2. The summed E-state index contributed by atoms with van der Waals surface area (Å²) in [6, 6.07) is 12.7. The summed E-state index contributed by atoms with van der Waals surface area (Å²) in [5.41, 5.74) is 1.29. The molecule has 0 aliphatic heterocycles. The highest BCUT2D eigenvalue weighted by Gasteiger charge is 2.21. The van der Waals surface area contributed by atoms with Crippen LogP contribution >= 0.6 is 11.6 Å². The Balaban J connectivity index is 1.87. The number of hydrogen-bond donors (Lipinski definition) is 1. The van der Waals surface area contributed by atoms with Gasteiger partial charge in [-0.15, -0.1) is 0 Å². The second-order valence-electron chi connectivity index (χ2n) is 6.11. The highest BCUT2D eigenvalue weighted by molar-refractivity contribution is 6.30. The van der Waals surface area contributed by atoms with Crippen molar-refractivity contribution in [1.29, 1.82) is 0 Å². The molecule has 0 unspecified atom stereocenters. The largest absolute Gasteiger partial charge is 0.369 e. The SMILES string of the molecule is CC(C)(CNc1ncnc2c(F)cccc12)c1cccc(Cl)c1. The molecule has 0 radical (unpaired) electrons. The van der Waals surface area contributed by atoms with E-state index in [4.69, 9.17) is 11.6 Å². The molecule has 1 aromatic heterocycles. The van der Waals surface area contributed by atoms with Crippen molar-refractivity contribution in [3.05, 3.63) is 65.2 Å². The molecule has 3 aromatic rings. The number of nitrogens with zero attached hydrogens (tertiary/aromatic N) is 2. The molecule has 3 nitrogen and oxygen atoms in total. The van der Waals surface area contributed by atoms with E-state index < -0.39 is 0 Å². The van der Waals surface area contributed by atoms with Gasteiger partial charge in [-0.05, 0) is 29.8 Å². The van der Waals surface area contributed by atoms with Crippen LogP contribution in [-0.2, 0) is 5.41 Å². The van der Waals surface area contributed by atoms with Gasteiger partial charge in [0.15, 0.2) is 0 Å². The zero-order chi connectivity index (χ0) is 16.4. The van der Waals surface area contributed by atoms with E-state index in [2.05, 4.69) is 29.1 Å². The predicted molar refractivity (Wildman–Crippen MR) is 92.5 cm³/mol. The Labute approximate surface area is 139 Å². The van der Waals surface area contributed by atoms with Gasteiger partial charge in [0.1, 0.15) is 23.5 Å². The van der Waals surface area contributed by atoms with E-state index in [1.54, 1.807) is 6.07 Å². The fourth-order valence-corrected chi connectivity index (χ4v) is 2.70. The summed E-state index contributed by atoms with van der Waals surface area (Å²) >= 11 is 6.08. The summed E-state index contributed by atoms with van der Waals surface area (Å²) in [4.78, 5) is 8.26. The Morgan fingerprint density at radius 2 is 1.91 bits per heavy atom. The first kappa shape index (κ1) is 15.7. The fraction of sp³-hybridized carbons (Fsp3) is 0.222. The van der Waals surface area contributed by atoms with Gasteiger partial charge in [-0.1, -0.05) is 43.6 Å². The first-order valence-electron chi connectivity index (χ1n) is 7.36. The summed E-state index contributed by atoms with van der Waals surface area (Å²) in [5.74, 6) is 0.284. The highest BCUT2D eigenvalue weighted by atomic mass is 35.5. The highest BCUT2D eigenvalue weighted by Crippen LogP contribution is 2.27. The Morgan fingerprint density at radius 1 is 1.13 bits per heavy atom. The molecule has 0 aliphatic carbocycles. The minimum absolute atomic E-state index is 0.157. The van der Waals surface area contributed by atoms with Gasteiger partial charge < -0.3 is 5.32 Å². The van der Waals surface area contributed by atoms with Gasteiger partial charge in [0.05, 0.1) is 0 Å². The van der Waals surface area contributed by atoms with E-state index in [1.807, 2.05) is 30.3 Å². The Kier molecular flexibility index (Phi) is 4.18. The molecule has 0 saturated heterocycles. The molecule has 0 amide bonds. The Bertz CT molecular complexity index is 849. The number of para-hydroxylation sites is 1. The van der Waals surface area contributed by atoms with Crippen LogP contribution in [0.25, 0.3) is 10.9 Å². The van der Waals surface area contributed by atoms with Gasteiger partial charge in [-0.3, -0.25) is 0 Å². The number of benzene rings is 2. The smallest absolute Gasteiger partial charge is 0.149 e. The van der Waals surface area contributed by atoms with E-state index in [1.165, 1.54) is 12.4 Å². The molecule has 0 atom stereocenters. The molecule has 118 valence electrons. The molecule has 3 rings (SSSR count). The third-order valence-corrected chi connectivity index (χ3v) is 4.15. The standard InChI is InChI=1S/C18H17ClFN3/c1-18(2,12-5-3-6-13(19)9-12)10-21-17-14-7-4-8-15(20)16(14)22-11-23-17/h3-9,11H,10H2,1-2H3,(H,21,22,23). The van der Waals surface area contributed by atoms with Gasteiger partial charge in [0.25, 0.3) is 0 Å². The molecule has 0 fully saturated rings. The number of anilines is 1. The molecule has 0 spiro atoms. The van der Waals surface area contributed by atoms with Gasteiger partial charge >= 0.3 is 0 Å². The van der Waals surface area contributed by atoms with Crippen LogP contribution in [-0.4, -0.2) is 16.5 Å². The van der Waals surface area contributed by atoms with Crippen molar-refractivity contribution in [2.45, 2.75) is 19.3 Å². The molecule has 2 aromatic carbocycles. The molecule has 1 N–H and O–H groups in total. The molecule has 5 heteroatoms. The van der Waals surface area contributed by atoms with Crippen molar-refractivity contribution in [1.82, 2.24) is 9.97 Å². The van der Waals surface area contributed by atoms with E-state index in [0.29, 0.717) is 28.3 Å². The number of rotatable bonds is 4. The summed E-state index contributed by atoms with van der Waals surface area (Å²) in [6.07, 6.45) is 1.38. The van der Waals surface area contributed by atoms with Crippen molar-refractivity contribution in [3.63, 3.8) is 0 Å². The second kappa shape index (κ2) is 6.13. The van der Waals surface area contributed by atoms with Crippen LogP contribution < -0.4 is 5.32 Å². The maximum absolute atomic E-state index is 13.8. The summed E-state index contributed by atoms with van der Waals surface area (Å²) in [7, 11) is 0. The van der Waals surface area contributed by atoms with E-state index in [0.717, 1.165) is 5.56 Å². The van der Waals surface area contributed by atoms with Crippen LogP contribution in [0.2, 0.25) is 5.02 Å². The lowest BCUT2D eigenvalue weighted by molar-refractivity contribution is 0.556. The number of nitrogens with one attached hydrogen (secondary N) is 1. The van der Waals surface area contributed by atoms with Crippen LogP contribution in [0.4, 0.5) is 10.2 Å². The zero-order valence-corrected chi connectivity index (χ0v) is 13.7. The van der Waals surface area contributed by atoms with Gasteiger partial charge in [0.2, 0.25) is 0 Å². The van der Waals surface area contributed by atoms with Gasteiger partial charge in [0, 0.05) is 22.4 Å². The first-order chi connectivity index (χ1) is 11.0. The number of hydrogen-bond acceptors (Lipinski definition) is 3. The minimum Gasteiger partial charge on any atom is -0.369 e. The molecule has 0 saturated carbocycles. The quantitative estimate of drug-likeness (QED) is 0.746. The van der Waals surface area contributed by atoms with Crippen LogP contribution in [0.15, 0.2) is 48.8 Å². The number of halogens is 2. The summed E-state index contributed by atoms with van der Waals surface area (Å²) < 4.78 is 13.8. The third kappa shape index (κ3) is 3.27. The number of fused-ring (bicyclic) bond motifs is 1. The maximum Gasteiger partial charge on any atom is 0.149 e. The molecule has 23 heavy (non-hydrogen) atoms. The molecular weight excluding hydrogens is 313 g/mol. The van der Waals surface area contributed by atoms with Crippen LogP contribution in [0.1, 0.15) is 19.4 Å². The second-order valence-corrected chi connectivity index (χ2v) is 6.54. The van der Waals surface area contributed by atoms with Crippen molar-refractivity contribution < 1.29 is 4.39 Å². The first-order valence-corrected chi connectivity index (χ1v) is 7.74. The summed E-state index contributed by atoms with van der Waals surface area (Å²) in [5, 5.41) is 4.70. The van der Waals surface area contributed by atoms with Gasteiger partial charge in [-0.2, -0.15) is 0 Å². The average Bonchev–Trinajstić information content (AvgIpc) is 2.53. The van der Waals surface area contributed by atoms with E-state index in [-0.39, 0.29) is 11.2 Å². The molecule has 1 heterocycles. The topological polar surface area (TPSA) is 37.8 Å². The van der Waals surface area contributed by atoms with E-state index in [9.17, 15) is 4.39 Å². The van der Waals surface area contributed by atoms with Crippen LogP contribution in [0.3, 0.4) is 0 Å².